The number of hydrogen-bond acceptors (Lipinski definition) is 5. The Morgan fingerprint density at radius 3 is 3.00 bits per heavy atom. The van der Waals surface area contributed by atoms with Gasteiger partial charge < -0.3 is 5.32 Å². The van der Waals surface area contributed by atoms with Crippen molar-refractivity contribution >= 4 is 23.5 Å². The fourth-order valence-corrected chi connectivity index (χ4v) is 3.62. The van der Waals surface area contributed by atoms with Crippen LogP contribution in [0.25, 0.3) is 0 Å². The molecule has 0 aliphatic carbocycles. The number of carbonyl (C=O) groups is 1. The van der Waals surface area contributed by atoms with Gasteiger partial charge in [0.2, 0.25) is 5.91 Å². The van der Waals surface area contributed by atoms with Gasteiger partial charge in [0.1, 0.15) is 5.82 Å². The number of amides is 1. The Bertz CT molecular complexity index is 773. The number of anilines is 1. The number of fused-ring (bicyclic) bond motifs is 1. The first kappa shape index (κ1) is 15.7. The maximum atomic E-state index is 12.4. The van der Waals surface area contributed by atoms with Crippen molar-refractivity contribution in [3.63, 3.8) is 0 Å². The number of hydrogen-bond donors (Lipinski definition) is 1. The molecule has 6 nitrogen and oxygen atoms in total. The van der Waals surface area contributed by atoms with Gasteiger partial charge in [-0.05, 0) is 18.1 Å². The SMILES string of the molecule is CC(C)c1cc(=O)n2c(n1)SCC2CC(=O)Nc1ccccn1. The average Bonchev–Trinajstić information content (AvgIpc) is 2.91. The lowest BCUT2D eigenvalue weighted by Crippen LogP contribution is -2.28. The van der Waals surface area contributed by atoms with Crippen molar-refractivity contribution in [1.82, 2.24) is 14.5 Å². The van der Waals surface area contributed by atoms with Gasteiger partial charge in [-0.1, -0.05) is 31.7 Å². The van der Waals surface area contributed by atoms with E-state index < -0.39 is 0 Å². The molecular formula is C16H18N4O2S. The minimum atomic E-state index is -0.167. The second kappa shape index (κ2) is 6.54. The molecule has 0 saturated heterocycles. The molecule has 1 N–H and O–H groups in total. The van der Waals surface area contributed by atoms with E-state index in [-0.39, 0.29) is 29.8 Å². The minimum absolute atomic E-state index is 0.0839. The van der Waals surface area contributed by atoms with Crippen LogP contribution in [0.15, 0.2) is 40.4 Å². The van der Waals surface area contributed by atoms with Gasteiger partial charge in [0.25, 0.3) is 5.56 Å². The smallest absolute Gasteiger partial charge is 0.254 e. The third-order valence-electron chi connectivity index (χ3n) is 3.65. The molecule has 1 aliphatic rings. The number of nitrogens with one attached hydrogen (secondary N) is 1. The zero-order chi connectivity index (χ0) is 16.4. The van der Waals surface area contributed by atoms with Gasteiger partial charge in [0.15, 0.2) is 5.16 Å². The summed E-state index contributed by atoms with van der Waals surface area (Å²) in [5.74, 6) is 1.26. The molecule has 2 aromatic heterocycles. The third kappa shape index (κ3) is 3.44. The monoisotopic (exact) mass is 330 g/mol. The number of thioether (sulfide) groups is 1. The van der Waals surface area contributed by atoms with Crippen LogP contribution in [0, 0.1) is 0 Å². The van der Waals surface area contributed by atoms with E-state index in [4.69, 9.17) is 0 Å². The van der Waals surface area contributed by atoms with Crippen LogP contribution in [0.4, 0.5) is 5.82 Å². The molecule has 0 bridgehead atoms. The summed E-state index contributed by atoms with van der Waals surface area (Å²) in [7, 11) is 0. The lowest BCUT2D eigenvalue weighted by Gasteiger charge is -2.14. The summed E-state index contributed by atoms with van der Waals surface area (Å²) >= 11 is 1.53. The maximum Gasteiger partial charge on any atom is 0.254 e. The Labute approximate surface area is 138 Å². The second-order valence-electron chi connectivity index (χ2n) is 5.76. The molecule has 0 radical (unpaired) electrons. The molecule has 0 spiro atoms. The summed E-state index contributed by atoms with van der Waals surface area (Å²) in [5.41, 5.74) is 0.715. The fraction of sp³-hybridized carbons (Fsp3) is 0.375. The predicted octanol–water partition coefficient (Wildman–Crippen LogP) is 2.44. The van der Waals surface area contributed by atoms with Crippen LogP contribution in [-0.2, 0) is 4.79 Å². The highest BCUT2D eigenvalue weighted by molar-refractivity contribution is 7.99. The van der Waals surface area contributed by atoms with Crippen molar-refractivity contribution in [2.24, 2.45) is 0 Å². The summed E-state index contributed by atoms with van der Waals surface area (Å²) in [6.45, 7) is 4.02. The van der Waals surface area contributed by atoms with Gasteiger partial charge in [0, 0.05) is 24.4 Å². The summed E-state index contributed by atoms with van der Waals surface area (Å²) in [6.07, 6.45) is 1.86. The van der Waals surface area contributed by atoms with Crippen LogP contribution in [0.3, 0.4) is 0 Å². The van der Waals surface area contributed by atoms with Crippen LogP contribution in [0.1, 0.15) is 37.9 Å². The van der Waals surface area contributed by atoms with Crippen molar-refractivity contribution < 1.29 is 4.79 Å². The summed E-state index contributed by atoms with van der Waals surface area (Å²) < 4.78 is 1.63. The summed E-state index contributed by atoms with van der Waals surface area (Å²) in [4.78, 5) is 33.1. The molecule has 120 valence electrons. The van der Waals surface area contributed by atoms with E-state index >= 15 is 0 Å². The number of nitrogens with zero attached hydrogens (tertiary/aromatic N) is 3. The lowest BCUT2D eigenvalue weighted by atomic mass is 10.1. The Morgan fingerprint density at radius 2 is 2.30 bits per heavy atom. The molecule has 1 unspecified atom stereocenters. The van der Waals surface area contributed by atoms with E-state index in [1.807, 2.05) is 19.9 Å². The van der Waals surface area contributed by atoms with E-state index in [0.717, 1.165) is 5.69 Å². The molecule has 1 amide bonds. The van der Waals surface area contributed by atoms with Crippen LogP contribution in [0.5, 0.6) is 0 Å². The molecule has 1 atom stereocenters. The van der Waals surface area contributed by atoms with Gasteiger partial charge in [-0.25, -0.2) is 9.97 Å². The van der Waals surface area contributed by atoms with Crippen LogP contribution in [0.2, 0.25) is 0 Å². The highest BCUT2D eigenvalue weighted by Crippen LogP contribution is 2.32. The van der Waals surface area contributed by atoms with Gasteiger partial charge in [-0.2, -0.15) is 0 Å². The quantitative estimate of drug-likeness (QED) is 0.871. The Balaban J connectivity index is 1.75. The maximum absolute atomic E-state index is 12.4. The van der Waals surface area contributed by atoms with Gasteiger partial charge in [-0.15, -0.1) is 0 Å². The molecule has 7 heteroatoms. The molecule has 3 rings (SSSR count). The largest absolute Gasteiger partial charge is 0.311 e. The van der Waals surface area contributed by atoms with Crippen molar-refractivity contribution in [1.29, 1.82) is 0 Å². The Morgan fingerprint density at radius 1 is 1.48 bits per heavy atom. The normalized spacial score (nSPS) is 16.4. The molecule has 1 aliphatic heterocycles. The average molecular weight is 330 g/mol. The first-order valence-electron chi connectivity index (χ1n) is 7.51. The van der Waals surface area contributed by atoms with Gasteiger partial charge >= 0.3 is 0 Å². The molecule has 0 aromatic carbocycles. The molecule has 3 heterocycles. The second-order valence-corrected chi connectivity index (χ2v) is 6.75. The predicted molar refractivity (Wildman–Crippen MR) is 89.8 cm³/mol. The number of rotatable bonds is 4. The lowest BCUT2D eigenvalue weighted by molar-refractivity contribution is -0.116. The molecular weight excluding hydrogens is 312 g/mol. The zero-order valence-corrected chi connectivity index (χ0v) is 13.8. The highest BCUT2D eigenvalue weighted by Gasteiger charge is 2.28. The Kier molecular flexibility index (Phi) is 4.47. The standard InChI is InChI=1S/C16H18N4O2S/c1-10(2)12-8-15(22)20-11(9-23-16(20)18-12)7-14(21)19-13-5-3-4-6-17-13/h3-6,8,10-11H,7,9H2,1-2H3,(H,17,19,21). The number of aromatic nitrogens is 3. The zero-order valence-electron chi connectivity index (χ0n) is 13.0. The van der Waals surface area contributed by atoms with Crippen LogP contribution < -0.4 is 10.9 Å². The number of carbonyl (C=O) groups excluding carboxylic acids is 1. The van der Waals surface area contributed by atoms with E-state index in [1.54, 1.807) is 29.0 Å². The van der Waals surface area contributed by atoms with Crippen LogP contribution in [-0.4, -0.2) is 26.2 Å². The number of pyridine rings is 1. The summed E-state index contributed by atoms with van der Waals surface area (Å²) in [6, 6.07) is 6.74. The van der Waals surface area contributed by atoms with E-state index in [0.29, 0.717) is 16.7 Å². The van der Waals surface area contributed by atoms with E-state index in [1.165, 1.54) is 11.8 Å². The summed E-state index contributed by atoms with van der Waals surface area (Å²) in [5, 5.41) is 3.46. The molecule has 0 saturated carbocycles. The van der Waals surface area contributed by atoms with Gasteiger partial charge in [0.05, 0.1) is 11.7 Å². The van der Waals surface area contributed by atoms with Crippen molar-refractivity contribution in [2.45, 2.75) is 37.4 Å². The first-order valence-corrected chi connectivity index (χ1v) is 8.50. The topological polar surface area (TPSA) is 76.9 Å². The van der Waals surface area contributed by atoms with Crippen molar-refractivity contribution in [2.75, 3.05) is 11.1 Å². The van der Waals surface area contributed by atoms with Crippen molar-refractivity contribution in [3.05, 3.63) is 46.5 Å². The van der Waals surface area contributed by atoms with E-state index in [9.17, 15) is 9.59 Å². The first-order chi connectivity index (χ1) is 11.0. The van der Waals surface area contributed by atoms with Gasteiger partial charge in [-0.3, -0.25) is 14.2 Å². The molecule has 2 aromatic rings. The van der Waals surface area contributed by atoms with E-state index in [2.05, 4.69) is 15.3 Å². The van der Waals surface area contributed by atoms with Crippen molar-refractivity contribution in [3.8, 4) is 0 Å². The highest BCUT2D eigenvalue weighted by atomic mass is 32.2. The third-order valence-corrected chi connectivity index (χ3v) is 4.75. The molecule has 23 heavy (non-hydrogen) atoms. The van der Waals surface area contributed by atoms with Crippen LogP contribution >= 0.6 is 11.8 Å². The minimum Gasteiger partial charge on any atom is -0.311 e. The molecule has 0 fully saturated rings. The fourth-order valence-electron chi connectivity index (χ4n) is 2.46. The Hall–Kier alpha value is -2.15.